The molecule has 12 rings (SSSR count). The van der Waals surface area contributed by atoms with Gasteiger partial charge in [-0.25, -0.2) is 14.8 Å². The molecule has 4 aromatic heterocycles. The number of allylic oxidation sites excluding steroid dienone is 1. The molecule has 348 valence electrons. The van der Waals surface area contributed by atoms with Crippen LogP contribution in [0.3, 0.4) is 0 Å². The van der Waals surface area contributed by atoms with E-state index in [1.165, 1.54) is 6.08 Å². The Bertz CT molecular complexity index is 3770. The predicted molar refractivity (Wildman–Crippen MR) is 279 cm³/mol. The van der Waals surface area contributed by atoms with Crippen molar-refractivity contribution < 1.29 is 19.4 Å². The largest absolute Gasteiger partial charge is 0.459 e. The van der Waals surface area contributed by atoms with Gasteiger partial charge in [0.15, 0.2) is 0 Å². The Balaban J connectivity index is 0.000000147. The van der Waals surface area contributed by atoms with Crippen LogP contribution >= 0.6 is 11.6 Å². The van der Waals surface area contributed by atoms with Crippen LogP contribution in [0.25, 0.3) is 76.5 Å². The molecule has 0 aliphatic heterocycles. The summed E-state index contributed by atoms with van der Waals surface area (Å²) in [7, 11) is 0. The van der Waals surface area contributed by atoms with Gasteiger partial charge in [0.1, 0.15) is 17.4 Å². The zero-order valence-electron chi connectivity index (χ0n) is 38.4. The molecule has 0 saturated heterocycles. The summed E-state index contributed by atoms with van der Waals surface area (Å²) in [5, 5.41) is 24.0. The third kappa shape index (κ3) is 8.48. The van der Waals surface area contributed by atoms with Crippen molar-refractivity contribution >= 4 is 111 Å². The molecule has 0 unspecified atom stereocenters. The SMILES string of the molecule is C=CC(=O)Cl.C=CC(=O)OC1CCC(Nc2ccc3c4c2cccc4c(=O)n2c4ccc(C)cc4nc32)CC1.Cc1ccc2c(c1)nc1c3ccc(NC4CCC(O)CC4)c4cccc(c(=O)n21)c43. The highest BCUT2D eigenvalue weighted by molar-refractivity contribution is 6.66. The number of imidazole rings is 2. The molecule has 2 saturated carbocycles. The number of carbonyl (C=O) groups is 2. The minimum Gasteiger partial charge on any atom is -0.459 e. The summed E-state index contributed by atoms with van der Waals surface area (Å²) in [6.45, 7) is 10.6. The van der Waals surface area contributed by atoms with Gasteiger partial charge in [0.2, 0.25) is 5.24 Å². The minimum atomic E-state index is -0.509. The van der Waals surface area contributed by atoms with Crippen molar-refractivity contribution in [3.63, 3.8) is 0 Å². The number of aromatic nitrogens is 4. The molecule has 0 radical (unpaired) electrons. The Morgan fingerprint density at radius 2 is 1.06 bits per heavy atom. The maximum absolute atomic E-state index is 13.6. The number of pyridine rings is 2. The molecule has 0 amide bonds. The molecule has 0 spiro atoms. The number of fused-ring (bicyclic) bond motifs is 8. The molecule has 10 aromatic rings. The van der Waals surface area contributed by atoms with Crippen molar-refractivity contribution in [2.75, 3.05) is 10.6 Å². The second-order valence-electron chi connectivity index (χ2n) is 18.3. The summed E-state index contributed by atoms with van der Waals surface area (Å²) in [5.41, 5.74) is 9.04. The number of hydrogen-bond donors (Lipinski definition) is 3. The van der Waals surface area contributed by atoms with Crippen molar-refractivity contribution in [3.8, 4) is 0 Å². The number of nitrogens with one attached hydrogen (secondary N) is 2. The molecule has 3 N–H and O–H groups in total. The van der Waals surface area contributed by atoms with E-state index in [1.807, 2.05) is 74.5 Å². The molecular weight excluding hydrogens is 888 g/mol. The number of benzene rings is 6. The van der Waals surface area contributed by atoms with E-state index in [0.29, 0.717) is 17.1 Å². The van der Waals surface area contributed by atoms with Gasteiger partial charge in [-0.15, -0.1) is 0 Å². The summed E-state index contributed by atoms with van der Waals surface area (Å²) in [6, 6.07) is 32.9. The molecule has 13 heteroatoms. The van der Waals surface area contributed by atoms with E-state index >= 15 is 0 Å². The van der Waals surface area contributed by atoms with E-state index in [1.54, 1.807) is 8.80 Å². The highest BCUT2D eigenvalue weighted by Crippen LogP contribution is 2.37. The van der Waals surface area contributed by atoms with Gasteiger partial charge >= 0.3 is 5.97 Å². The van der Waals surface area contributed by atoms with Gasteiger partial charge in [-0.2, -0.15) is 0 Å². The van der Waals surface area contributed by atoms with E-state index in [2.05, 4.69) is 60.2 Å². The number of aliphatic hydroxyl groups excluding tert-OH is 1. The number of ether oxygens (including phenoxy) is 1. The third-order valence-electron chi connectivity index (χ3n) is 13.8. The second kappa shape index (κ2) is 18.6. The van der Waals surface area contributed by atoms with Crippen LogP contribution in [0.15, 0.2) is 132 Å². The highest BCUT2D eigenvalue weighted by atomic mass is 35.5. The number of aliphatic hydroxyl groups is 1. The topological polar surface area (TPSA) is 156 Å². The van der Waals surface area contributed by atoms with E-state index < -0.39 is 5.24 Å². The van der Waals surface area contributed by atoms with Crippen LogP contribution in [0.1, 0.15) is 62.5 Å². The number of halogens is 1. The van der Waals surface area contributed by atoms with Crippen LogP contribution in [0.2, 0.25) is 0 Å². The van der Waals surface area contributed by atoms with Crippen LogP contribution in [0.5, 0.6) is 0 Å². The van der Waals surface area contributed by atoms with Crippen molar-refractivity contribution in [3.05, 3.63) is 154 Å². The van der Waals surface area contributed by atoms with Gasteiger partial charge < -0.3 is 20.5 Å². The maximum Gasteiger partial charge on any atom is 0.330 e. The molecule has 2 aliphatic rings. The lowest BCUT2D eigenvalue weighted by Crippen LogP contribution is -2.30. The van der Waals surface area contributed by atoms with Gasteiger partial charge in [0.05, 0.1) is 28.2 Å². The number of carbonyl (C=O) groups excluding carboxylic acids is 2. The summed E-state index contributed by atoms with van der Waals surface area (Å²) in [4.78, 5) is 57.7. The zero-order chi connectivity index (χ0) is 48.1. The van der Waals surface area contributed by atoms with Gasteiger partial charge in [0.25, 0.3) is 11.1 Å². The molecule has 0 atom stereocenters. The van der Waals surface area contributed by atoms with Crippen LogP contribution in [-0.2, 0) is 14.3 Å². The van der Waals surface area contributed by atoms with E-state index in [-0.39, 0.29) is 35.3 Å². The summed E-state index contributed by atoms with van der Waals surface area (Å²) < 4.78 is 8.90. The fraction of sp³-hybridized carbons (Fsp3) is 0.250. The Hall–Kier alpha value is -7.41. The van der Waals surface area contributed by atoms with Crippen LogP contribution in [-0.4, -0.2) is 59.4 Å². The van der Waals surface area contributed by atoms with E-state index in [4.69, 9.17) is 26.3 Å². The summed E-state index contributed by atoms with van der Waals surface area (Å²) in [5.74, 6) is -0.356. The highest BCUT2D eigenvalue weighted by Gasteiger charge is 2.26. The van der Waals surface area contributed by atoms with Gasteiger partial charge in [-0.05, 0) is 155 Å². The first-order chi connectivity index (χ1) is 33.4. The fourth-order valence-corrected chi connectivity index (χ4v) is 10.4. The minimum absolute atomic E-state index is 0.0209. The molecule has 2 aliphatic carbocycles. The lowest BCUT2D eigenvalue weighted by atomic mass is 9.92. The Labute approximate surface area is 401 Å². The number of anilines is 2. The van der Waals surface area contributed by atoms with Crippen molar-refractivity contribution in [1.29, 1.82) is 0 Å². The number of hydrogen-bond acceptors (Lipinski definition) is 10. The van der Waals surface area contributed by atoms with Gasteiger partial charge in [0, 0.05) is 72.6 Å². The standard InChI is InChI=1S/C28H25N3O3.C25H23N3O2.C3H3ClO/c1-3-25(32)34-18-10-8-17(9-11-18)29-22-13-12-20-26-19(22)5-4-6-21(26)28(33)31-24-14-7-16(2)15-23(24)30-27(20)31;1-14-5-12-22-21(13-14)27-24-18-10-11-20(26-15-6-8-16(29)9-7-15)17-3-2-4-19(23(17)18)25(30)28(22)24;1-2-3(4)5/h3-7,12-15,17-18,29H,1,8-11H2,2H3;2-5,10-13,15-16,26,29H,6-9H2,1H3;2H,1H2. The molecular formula is C56H51ClN6O6. The number of nitrogens with zero attached hydrogens (tertiary/aromatic N) is 4. The van der Waals surface area contributed by atoms with Crippen molar-refractivity contribution in [2.24, 2.45) is 0 Å². The van der Waals surface area contributed by atoms with Crippen LogP contribution in [0.4, 0.5) is 11.4 Å². The van der Waals surface area contributed by atoms with E-state index in [9.17, 15) is 24.3 Å². The van der Waals surface area contributed by atoms with Crippen LogP contribution in [0, 0.1) is 13.8 Å². The number of esters is 1. The Kier molecular flexibility index (Phi) is 12.2. The fourth-order valence-electron chi connectivity index (χ4n) is 10.4. The smallest absolute Gasteiger partial charge is 0.330 e. The predicted octanol–water partition coefficient (Wildman–Crippen LogP) is 10.9. The quantitative estimate of drug-likeness (QED) is 0.0798. The first-order valence-corrected chi connectivity index (χ1v) is 23.8. The summed E-state index contributed by atoms with van der Waals surface area (Å²) in [6.07, 6.45) is 9.08. The zero-order valence-corrected chi connectivity index (χ0v) is 39.2. The van der Waals surface area contributed by atoms with Crippen molar-refractivity contribution in [2.45, 2.75) is 89.5 Å². The number of rotatable bonds is 7. The third-order valence-corrected chi connectivity index (χ3v) is 13.9. The molecule has 6 aromatic carbocycles. The first-order valence-electron chi connectivity index (χ1n) is 23.5. The summed E-state index contributed by atoms with van der Waals surface area (Å²) >= 11 is 4.71. The lowest BCUT2D eigenvalue weighted by molar-refractivity contribution is -0.144. The normalized spacial score (nSPS) is 18.3. The Morgan fingerprint density at radius 1 is 0.623 bits per heavy atom. The van der Waals surface area contributed by atoms with Gasteiger partial charge in [-0.1, -0.05) is 49.6 Å². The molecule has 69 heavy (non-hydrogen) atoms. The van der Waals surface area contributed by atoms with Crippen LogP contribution < -0.4 is 21.8 Å². The average Bonchev–Trinajstić information content (AvgIpc) is 3.93. The number of aryl methyl sites for hydroxylation is 2. The maximum atomic E-state index is 13.6. The monoisotopic (exact) mass is 938 g/mol. The van der Waals surface area contributed by atoms with Crippen molar-refractivity contribution in [1.82, 2.24) is 18.8 Å². The second-order valence-corrected chi connectivity index (χ2v) is 18.7. The lowest BCUT2D eigenvalue weighted by Gasteiger charge is -2.29. The van der Waals surface area contributed by atoms with Gasteiger partial charge in [-0.3, -0.25) is 23.2 Å². The Morgan fingerprint density at radius 3 is 1.49 bits per heavy atom. The first kappa shape index (κ1) is 45.4. The molecule has 4 heterocycles. The average molecular weight is 940 g/mol. The van der Waals surface area contributed by atoms with E-state index in [0.717, 1.165) is 145 Å². The molecule has 0 bridgehead atoms. The molecule has 12 nitrogen and oxygen atoms in total. The molecule has 2 fully saturated rings.